The number of halogens is 1. The Bertz CT molecular complexity index is 1250. The van der Waals surface area contributed by atoms with Crippen LogP contribution < -0.4 is 0 Å². The molecule has 1 heteroatoms. The predicted octanol–water partition coefficient (Wildman–Crippen LogP) is 7.47. The van der Waals surface area contributed by atoms with Gasteiger partial charge in [0.25, 0.3) is 0 Å². The van der Waals surface area contributed by atoms with Gasteiger partial charge in [-0.25, -0.2) is 0 Å². The maximum atomic E-state index is 6.25. The molecular weight excluding hydrogens is 324 g/mol. The monoisotopic (exact) mass is 338 g/mol. The van der Waals surface area contributed by atoms with Crippen molar-refractivity contribution in [1.82, 2.24) is 0 Å². The summed E-state index contributed by atoms with van der Waals surface area (Å²) in [6.45, 7) is 0. The highest BCUT2D eigenvalue weighted by atomic mass is 35.5. The molecule has 5 rings (SSSR count). The van der Waals surface area contributed by atoms with Crippen LogP contribution in [0.25, 0.3) is 43.4 Å². The third-order valence-corrected chi connectivity index (χ3v) is 5.12. The number of hydrogen-bond donors (Lipinski definition) is 0. The predicted molar refractivity (Wildman–Crippen MR) is 109 cm³/mol. The number of benzene rings is 5. The molecule has 0 aromatic heterocycles. The first-order valence-corrected chi connectivity index (χ1v) is 8.78. The van der Waals surface area contributed by atoms with Gasteiger partial charge in [-0.2, -0.15) is 0 Å². The van der Waals surface area contributed by atoms with E-state index in [1.165, 1.54) is 43.4 Å². The van der Waals surface area contributed by atoms with E-state index in [1.54, 1.807) is 0 Å². The normalized spacial score (nSPS) is 11.4. The first-order valence-electron chi connectivity index (χ1n) is 8.40. The molecule has 0 bridgehead atoms. The molecule has 0 spiro atoms. The first-order chi connectivity index (χ1) is 12.3. The van der Waals surface area contributed by atoms with Crippen molar-refractivity contribution in [3.05, 3.63) is 96.0 Å². The van der Waals surface area contributed by atoms with Crippen molar-refractivity contribution in [3.8, 4) is 11.1 Å². The SMILES string of the molecule is Clc1ccc2c(c1)cc(-c1ccc3ccccc3c1)c1ccccc12. The van der Waals surface area contributed by atoms with E-state index in [2.05, 4.69) is 78.9 Å². The zero-order chi connectivity index (χ0) is 16.8. The van der Waals surface area contributed by atoms with Gasteiger partial charge in [0, 0.05) is 5.02 Å². The molecule has 0 aliphatic rings. The second kappa shape index (κ2) is 5.61. The van der Waals surface area contributed by atoms with Crippen molar-refractivity contribution < 1.29 is 0 Å². The Balaban J connectivity index is 1.89. The van der Waals surface area contributed by atoms with Crippen LogP contribution in [0.15, 0.2) is 91.0 Å². The summed E-state index contributed by atoms with van der Waals surface area (Å²) in [5, 5.41) is 8.24. The Morgan fingerprint density at radius 2 is 1.24 bits per heavy atom. The highest BCUT2D eigenvalue weighted by Gasteiger charge is 2.09. The molecule has 0 heterocycles. The van der Waals surface area contributed by atoms with Crippen molar-refractivity contribution in [1.29, 1.82) is 0 Å². The average Bonchev–Trinajstić information content (AvgIpc) is 2.66. The van der Waals surface area contributed by atoms with Crippen LogP contribution in [0.3, 0.4) is 0 Å². The summed E-state index contributed by atoms with van der Waals surface area (Å²) in [6, 6.07) is 32.1. The molecule has 0 fully saturated rings. The maximum Gasteiger partial charge on any atom is 0.0412 e. The Morgan fingerprint density at radius 1 is 0.480 bits per heavy atom. The van der Waals surface area contributed by atoms with Crippen molar-refractivity contribution in [2.75, 3.05) is 0 Å². The van der Waals surface area contributed by atoms with Crippen LogP contribution in [-0.4, -0.2) is 0 Å². The van der Waals surface area contributed by atoms with Gasteiger partial charge in [-0.05, 0) is 67.7 Å². The summed E-state index contributed by atoms with van der Waals surface area (Å²) >= 11 is 6.25. The van der Waals surface area contributed by atoms with Crippen molar-refractivity contribution in [2.45, 2.75) is 0 Å². The van der Waals surface area contributed by atoms with E-state index in [-0.39, 0.29) is 0 Å². The van der Waals surface area contributed by atoms with Crippen LogP contribution in [0.5, 0.6) is 0 Å². The van der Waals surface area contributed by atoms with E-state index < -0.39 is 0 Å². The lowest BCUT2D eigenvalue weighted by atomic mass is 9.92. The van der Waals surface area contributed by atoms with E-state index in [9.17, 15) is 0 Å². The summed E-state index contributed by atoms with van der Waals surface area (Å²) in [7, 11) is 0. The van der Waals surface area contributed by atoms with Gasteiger partial charge in [0.2, 0.25) is 0 Å². The van der Waals surface area contributed by atoms with Gasteiger partial charge in [0.1, 0.15) is 0 Å². The molecule has 0 atom stereocenters. The Morgan fingerprint density at radius 3 is 2.12 bits per heavy atom. The van der Waals surface area contributed by atoms with E-state index in [1.807, 2.05) is 12.1 Å². The average molecular weight is 339 g/mol. The quantitative estimate of drug-likeness (QED) is 0.278. The molecule has 0 saturated heterocycles. The van der Waals surface area contributed by atoms with E-state index in [4.69, 9.17) is 11.6 Å². The number of rotatable bonds is 1. The molecule has 0 saturated carbocycles. The topological polar surface area (TPSA) is 0 Å². The molecule has 0 amide bonds. The lowest BCUT2D eigenvalue weighted by Crippen LogP contribution is -1.85. The van der Waals surface area contributed by atoms with Crippen molar-refractivity contribution >= 4 is 43.9 Å². The molecule has 0 aliphatic heterocycles. The van der Waals surface area contributed by atoms with E-state index >= 15 is 0 Å². The van der Waals surface area contributed by atoms with Gasteiger partial charge in [0.15, 0.2) is 0 Å². The van der Waals surface area contributed by atoms with Gasteiger partial charge in [0.05, 0.1) is 0 Å². The first kappa shape index (κ1) is 14.5. The molecule has 25 heavy (non-hydrogen) atoms. The molecule has 118 valence electrons. The minimum atomic E-state index is 0.771. The summed E-state index contributed by atoms with van der Waals surface area (Å²) in [5.41, 5.74) is 2.48. The van der Waals surface area contributed by atoms with Gasteiger partial charge in [-0.1, -0.05) is 78.3 Å². The molecule has 0 nitrogen and oxygen atoms in total. The standard InChI is InChI=1S/C24H15Cl/c25-20-11-12-21-19(14-20)15-24(23-8-4-3-7-22(21)23)18-10-9-16-5-1-2-6-17(16)13-18/h1-15H. The minimum absolute atomic E-state index is 0.771. The second-order valence-electron chi connectivity index (χ2n) is 6.40. The van der Waals surface area contributed by atoms with Crippen LogP contribution in [0.1, 0.15) is 0 Å². The van der Waals surface area contributed by atoms with Crippen LogP contribution in [-0.2, 0) is 0 Å². The van der Waals surface area contributed by atoms with Crippen molar-refractivity contribution in [2.24, 2.45) is 0 Å². The number of fused-ring (bicyclic) bond motifs is 4. The van der Waals surface area contributed by atoms with Crippen LogP contribution >= 0.6 is 11.6 Å². The molecule has 0 aliphatic carbocycles. The van der Waals surface area contributed by atoms with Crippen LogP contribution in [0.2, 0.25) is 5.02 Å². The van der Waals surface area contributed by atoms with Gasteiger partial charge in [-0.3, -0.25) is 0 Å². The number of hydrogen-bond acceptors (Lipinski definition) is 0. The zero-order valence-corrected chi connectivity index (χ0v) is 14.3. The summed E-state index contributed by atoms with van der Waals surface area (Å²) in [6.07, 6.45) is 0. The summed E-state index contributed by atoms with van der Waals surface area (Å²) < 4.78 is 0. The summed E-state index contributed by atoms with van der Waals surface area (Å²) in [5.74, 6) is 0. The Hall–Kier alpha value is -2.83. The van der Waals surface area contributed by atoms with Gasteiger partial charge in [-0.15, -0.1) is 0 Å². The van der Waals surface area contributed by atoms with Crippen LogP contribution in [0, 0.1) is 0 Å². The fourth-order valence-electron chi connectivity index (χ4n) is 3.68. The maximum absolute atomic E-state index is 6.25. The fourth-order valence-corrected chi connectivity index (χ4v) is 3.86. The van der Waals surface area contributed by atoms with Gasteiger partial charge < -0.3 is 0 Å². The fraction of sp³-hybridized carbons (Fsp3) is 0. The molecular formula is C24H15Cl. The molecule has 0 N–H and O–H groups in total. The zero-order valence-electron chi connectivity index (χ0n) is 13.5. The van der Waals surface area contributed by atoms with E-state index in [0.29, 0.717) is 0 Å². The molecule has 0 radical (unpaired) electrons. The lowest BCUT2D eigenvalue weighted by Gasteiger charge is -2.12. The van der Waals surface area contributed by atoms with Crippen LogP contribution in [0.4, 0.5) is 0 Å². The lowest BCUT2D eigenvalue weighted by molar-refractivity contribution is 1.69. The molecule has 5 aromatic carbocycles. The Labute approximate surface area is 151 Å². The third kappa shape index (κ3) is 2.38. The van der Waals surface area contributed by atoms with Crippen molar-refractivity contribution in [3.63, 3.8) is 0 Å². The highest BCUT2D eigenvalue weighted by molar-refractivity contribution is 6.31. The molecule has 0 unspecified atom stereocenters. The van der Waals surface area contributed by atoms with E-state index in [0.717, 1.165) is 5.02 Å². The Kier molecular flexibility index (Phi) is 3.26. The largest absolute Gasteiger partial charge is 0.0843 e. The smallest absolute Gasteiger partial charge is 0.0412 e. The van der Waals surface area contributed by atoms with Gasteiger partial charge >= 0.3 is 0 Å². The minimum Gasteiger partial charge on any atom is -0.0843 e. The molecule has 5 aromatic rings. The second-order valence-corrected chi connectivity index (χ2v) is 6.83. The third-order valence-electron chi connectivity index (χ3n) is 4.88. The summed E-state index contributed by atoms with van der Waals surface area (Å²) in [4.78, 5) is 0. The highest BCUT2D eigenvalue weighted by Crippen LogP contribution is 2.36.